The minimum Gasteiger partial charge on any atom is -0.497 e. The van der Waals surface area contributed by atoms with E-state index in [-0.39, 0.29) is 28.2 Å². The van der Waals surface area contributed by atoms with Crippen LogP contribution in [-0.2, 0) is 9.59 Å². The fourth-order valence-electron chi connectivity index (χ4n) is 3.44. The second kappa shape index (κ2) is 7.15. The predicted molar refractivity (Wildman–Crippen MR) is 101 cm³/mol. The first-order valence-electron chi connectivity index (χ1n) is 8.40. The SMILES string of the molecule is COc1ccc(C2CC(=O)C(=C3SC4NCCNC4S3)C(=O)C2)cc1. The van der Waals surface area contributed by atoms with E-state index in [2.05, 4.69) is 10.6 Å². The topological polar surface area (TPSA) is 67.4 Å². The van der Waals surface area contributed by atoms with Crippen LogP contribution in [0.25, 0.3) is 0 Å². The molecule has 3 fully saturated rings. The lowest BCUT2D eigenvalue weighted by molar-refractivity contribution is -0.124. The van der Waals surface area contributed by atoms with Crippen LogP contribution in [0.1, 0.15) is 24.3 Å². The summed E-state index contributed by atoms with van der Waals surface area (Å²) < 4.78 is 6.06. The molecule has 2 heterocycles. The first kappa shape index (κ1) is 17.1. The molecule has 7 heteroatoms. The Morgan fingerprint density at radius 2 is 1.52 bits per heavy atom. The highest BCUT2D eigenvalue weighted by Crippen LogP contribution is 2.49. The van der Waals surface area contributed by atoms with Crippen molar-refractivity contribution in [3.63, 3.8) is 0 Å². The van der Waals surface area contributed by atoms with Gasteiger partial charge in [0.2, 0.25) is 0 Å². The van der Waals surface area contributed by atoms with Crippen molar-refractivity contribution in [2.24, 2.45) is 0 Å². The fraction of sp³-hybridized carbons (Fsp3) is 0.444. The van der Waals surface area contributed by atoms with E-state index in [1.165, 1.54) is 0 Å². The van der Waals surface area contributed by atoms with Crippen molar-refractivity contribution in [3.05, 3.63) is 39.6 Å². The highest BCUT2D eigenvalue weighted by molar-refractivity contribution is 8.26. The molecule has 1 aliphatic carbocycles. The quantitative estimate of drug-likeness (QED) is 0.606. The summed E-state index contributed by atoms with van der Waals surface area (Å²) >= 11 is 3.24. The van der Waals surface area contributed by atoms with Crippen molar-refractivity contribution in [1.29, 1.82) is 0 Å². The second-order valence-corrected chi connectivity index (χ2v) is 8.93. The summed E-state index contributed by atoms with van der Waals surface area (Å²) in [6.45, 7) is 1.83. The molecule has 1 saturated carbocycles. The van der Waals surface area contributed by atoms with Gasteiger partial charge in [0.25, 0.3) is 0 Å². The number of allylic oxidation sites excluding steroid dienone is 1. The molecule has 2 N–H and O–H groups in total. The van der Waals surface area contributed by atoms with Gasteiger partial charge in [0, 0.05) is 25.9 Å². The van der Waals surface area contributed by atoms with E-state index in [1.54, 1.807) is 30.6 Å². The van der Waals surface area contributed by atoms with Gasteiger partial charge in [-0.05, 0) is 23.6 Å². The van der Waals surface area contributed by atoms with Crippen molar-refractivity contribution in [2.75, 3.05) is 20.2 Å². The number of methoxy groups -OCH3 is 1. The van der Waals surface area contributed by atoms with E-state index in [9.17, 15) is 9.59 Å². The largest absolute Gasteiger partial charge is 0.497 e. The highest BCUT2D eigenvalue weighted by Gasteiger charge is 2.40. The number of fused-ring (bicyclic) bond motifs is 1. The van der Waals surface area contributed by atoms with Gasteiger partial charge in [0.1, 0.15) is 5.75 Å². The van der Waals surface area contributed by atoms with Gasteiger partial charge in [-0.15, -0.1) is 0 Å². The standard InChI is InChI=1S/C18H20N2O3S2/c1-23-12-4-2-10(3-5-12)11-8-13(21)15(14(22)9-11)18-24-16-17(25-18)20-7-6-19-16/h2-5,11,16-17,19-20H,6-9H2,1H3. The van der Waals surface area contributed by atoms with E-state index < -0.39 is 0 Å². The Morgan fingerprint density at radius 1 is 0.960 bits per heavy atom. The van der Waals surface area contributed by atoms with Crippen molar-refractivity contribution in [2.45, 2.75) is 29.5 Å². The van der Waals surface area contributed by atoms with Crippen LogP contribution < -0.4 is 15.4 Å². The average Bonchev–Trinajstić information content (AvgIpc) is 3.04. The number of carbonyl (C=O) groups is 2. The molecular weight excluding hydrogens is 356 g/mol. The Bertz CT molecular complexity index is 696. The second-order valence-electron chi connectivity index (χ2n) is 6.37. The molecule has 3 aliphatic rings. The monoisotopic (exact) mass is 376 g/mol. The third kappa shape index (κ3) is 3.38. The molecule has 4 rings (SSSR count). The zero-order valence-corrected chi connectivity index (χ0v) is 15.5. The van der Waals surface area contributed by atoms with Crippen LogP contribution in [0.15, 0.2) is 34.1 Å². The number of carbonyl (C=O) groups excluding carboxylic acids is 2. The van der Waals surface area contributed by atoms with Crippen molar-refractivity contribution in [3.8, 4) is 5.75 Å². The lowest BCUT2D eigenvalue weighted by Gasteiger charge is -2.25. The third-order valence-electron chi connectivity index (χ3n) is 4.77. The van der Waals surface area contributed by atoms with Gasteiger partial charge in [-0.25, -0.2) is 0 Å². The minimum atomic E-state index is -0.0369. The minimum absolute atomic E-state index is 0.0225. The van der Waals surface area contributed by atoms with E-state index in [1.807, 2.05) is 24.3 Å². The number of hydrogen-bond donors (Lipinski definition) is 2. The first-order valence-corrected chi connectivity index (χ1v) is 10.2. The lowest BCUT2D eigenvalue weighted by atomic mass is 9.80. The maximum atomic E-state index is 12.7. The van der Waals surface area contributed by atoms with Gasteiger partial charge in [-0.1, -0.05) is 35.7 Å². The van der Waals surface area contributed by atoms with Crippen LogP contribution in [0.3, 0.4) is 0 Å². The molecule has 0 aromatic heterocycles. The van der Waals surface area contributed by atoms with Gasteiger partial charge in [-0.3, -0.25) is 9.59 Å². The Kier molecular flexibility index (Phi) is 4.90. The van der Waals surface area contributed by atoms with E-state index >= 15 is 0 Å². The number of Topliss-reactive ketones (excluding diaryl/α,β-unsaturated/α-hetero) is 2. The summed E-state index contributed by atoms with van der Waals surface area (Å²) in [4.78, 5) is 25.5. The molecule has 0 bridgehead atoms. The smallest absolute Gasteiger partial charge is 0.168 e. The number of ether oxygens (including phenoxy) is 1. The van der Waals surface area contributed by atoms with Crippen LogP contribution in [0.4, 0.5) is 0 Å². The Hall–Kier alpha value is -1.28. The third-order valence-corrected chi connectivity index (χ3v) is 7.74. The maximum Gasteiger partial charge on any atom is 0.168 e. The number of rotatable bonds is 2. The number of thioether (sulfide) groups is 2. The number of piperazine rings is 1. The summed E-state index contributed by atoms with van der Waals surface area (Å²) in [5.74, 6) is 0.697. The number of hydrogen-bond acceptors (Lipinski definition) is 7. The number of nitrogens with one attached hydrogen (secondary N) is 2. The molecule has 25 heavy (non-hydrogen) atoms. The lowest BCUT2D eigenvalue weighted by Crippen LogP contribution is -2.50. The average molecular weight is 377 g/mol. The van der Waals surface area contributed by atoms with Gasteiger partial charge in [0.15, 0.2) is 11.6 Å². The molecule has 2 atom stereocenters. The van der Waals surface area contributed by atoms with E-state index in [0.29, 0.717) is 18.4 Å². The van der Waals surface area contributed by atoms with Crippen LogP contribution in [0.2, 0.25) is 0 Å². The Labute approximate surface area is 155 Å². The number of ketones is 2. The van der Waals surface area contributed by atoms with Crippen molar-refractivity contribution < 1.29 is 14.3 Å². The maximum absolute atomic E-state index is 12.7. The van der Waals surface area contributed by atoms with Gasteiger partial charge in [0.05, 0.1) is 27.7 Å². The molecular formula is C18H20N2O3S2. The molecule has 0 amide bonds. The molecule has 1 aromatic carbocycles. The van der Waals surface area contributed by atoms with Gasteiger partial charge < -0.3 is 15.4 Å². The fourth-order valence-corrected chi connectivity index (χ4v) is 6.62. The van der Waals surface area contributed by atoms with Crippen LogP contribution >= 0.6 is 23.5 Å². The summed E-state index contributed by atoms with van der Waals surface area (Å²) in [5.41, 5.74) is 1.45. The molecule has 5 nitrogen and oxygen atoms in total. The normalized spacial score (nSPS) is 29.7. The predicted octanol–water partition coefficient (Wildman–Crippen LogP) is 2.25. The van der Waals surface area contributed by atoms with E-state index in [4.69, 9.17) is 4.74 Å². The highest BCUT2D eigenvalue weighted by atomic mass is 32.2. The zero-order valence-electron chi connectivity index (χ0n) is 13.9. The van der Waals surface area contributed by atoms with Crippen molar-refractivity contribution in [1.82, 2.24) is 10.6 Å². The first-order chi connectivity index (χ1) is 12.2. The van der Waals surface area contributed by atoms with Crippen molar-refractivity contribution >= 4 is 35.1 Å². The molecule has 1 aromatic rings. The van der Waals surface area contributed by atoms with Crippen LogP contribution in [0, 0.1) is 0 Å². The summed E-state index contributed by atoms with van der Waals surface area (Å²) in [6, 6.07) is 7.65. The van der Waals surface area contributed by atoms with Crippen LogP contribution in [-0.4, -0.2) is 42.5 Å². The number of benzene rings is 1. The molecule has 2 saturated heterocycles. The van der Waals surface area contributed by atoms with Gasteiger partial charge >= 0.3 is 0 Å². The Morgan fingerprint density at radius 3 is 2.04 bits per heavy atom. The molecule has 2 unspecified atom stereocenters. The summed E-state index contributed by atoms with van der Waals surface area (Å²) in [5, 5.41) is 7.35. The zero-order chi connectivity index (χ0) is 17.4. The van der Waals surface area contributed by atoms with E-state index in [0.717, 1.165) is 28.6 Å². The summed E-state index contributed by atoms with van der Waals surface area (Å²) in [7, 11) is 1.62. The molecule has 0 spiro atoms. The molecule has 0 radical (unpaired) electrons. The van der Waals surface area contributed by atoms with Crippen LogP contribution in [0.5, 0.6) is 5.75 Å². The Balaban J connectivity index is 1.53. The molecule has 132 valence electrons. The molecule has 2 aliphatic heterocycles. The van der Waals surface area contributed by atoms with Gasteiger partial charge in [-0.2, -0.15) is 0 Å². The summed E-state index contributed by atoms with van der Waals surface area (Å²) in [6.07, 6.45) is 0.794.